The SMILES string of the molecule is CCC(C)(C)O.II. The molecule has 0 rings (SSSR count). The Bertz CT molecular complexity index is 40.2. The van der Waals surface area contributed by atoms with E-state index in [0.717, 1.165) is 6.42 Å². The van der Waals surface area contributed by atoms with E-state index < -0.39 is 5.60 Å². The third kappa shape index (κ3) is 15.7. The van der Waals surface area contributed by atoms with Crippen molar-refractivity contribution in [1.29, 1.82) is 0 Å². The van der Waals surface area contributed by atoms with Crippen molar-refractivity contribution in [3.8, 4) is 0 Å². The molecule has 1 nitrogen and oxygen atoms in total. The van der Waals surface area contributed by atoms with Gasteiger partial charge < -0.3 is 5.11 Å². The Morgan fingerprint density at radius 3 is 1.50 bits per heavy atom. The number of hydrogen-bond acceptors (Lipinski definition) is 1. The van der Waals surface area contributed by atoms with E-state index in [-0.39, 0.29) is 0 Å². The highest BCUT2D eigenvalue weighted by molar-refractivity contribution is 15.0. The number of rotatable bonds is 1. The molecule has 0 aliphatic carbocycles. The second-order valence-corrected chi connectivity index (χ2v) is 2.17. The maximum atomic E-state index is 8.83. The Balaban J connectivity index is 0. The maximum absolute atomic E-state index is 8.83. The summed E-state index contributed by atoms with van der Waals surface area (Å²) in [5.41, 5.74) is -0.458. The van der Waals surface area contributed by atoms with Gasteiger partial charge in [-0.05, 0) is 20.3 Å². The highest BCUT2D eigenvalue weighted by Crippen LogP contribution is 2.03. The van der Waals surface area contributed by atoms with E-state index in [9.17, 15) is 0 Å². The van der Waals surface area contributed by atoms with Crippen LogP contribution in [0.1, 0.15) is 27.2 Å². The Morgan fingerprint density at radius 1 is 1.38 bits per heavy atom. The lowest BCUT2D eigenvalue weighted by atomic mass is 10.1. The molecule has 0 aliphatic heterocycles. The highest BCUT2D eigenvalue weighted by atomic mass is 128. The van der Waals surface area contributed by atoms with Crippen LogP contribution in [-0.4, -0.2) is 10.7 Å². The van der Waals surface area contributed by atoms with Crippen LogP contribution in [0.5, 0.6) is 0 Å². The van der Waals surface area contributed by atoms with Crippen LogP contribution in [0, 0.1) is 0 Å². The third-order valence-corrected chi connectivity index (χ3v) is 0.865. The molecule has 1 N–H and O–H groups in total. The molecule has 0 saturated heterocycles. The summed E-state index contributed by atoms with van der Waals surface area (Å²) in [6.45, 7) is 5.56. The molecule has 0 bridgehead atoms. The van der Waals surface area contributed by atoms with E-state index >= 15 is 0 Å². The minimum absolute atomic E-state index is 0.458. The summed E-state index contributed by atoms with van der Waals surface area (Å²) in [4.78, 5) is 0. The molecule has 0 amide bonds. The first-order valence-corrected chi connectivity index (χ1v) is 8.71. The first-order valence-electron chi connectivity index (χ1n) is 2.43. The van der Waals surface area contributed by atoms with Gasteiger partial charge in [0, 0.05) is 37.2 Å². The van der Waals surface area contributed by atoms with Crippen molar-refractivity contribution in [2.45, 2.75) is 32.8 Å². The minimum Gasteiger partial charge on any atom is -0.390 e. The van der Waals surface area contributed by atoms with Gasteiger partial charge in [-0.2, -0.15) is 0 Å². The predicted molar refractivity (Wildman–Crippen MR) is 54.6 cm³/mol. The van der Waals surface area contributed by atoms with Crippen LogP contribution < -0.4 is 0 Å². The van der Waals surface area contributed by atoms with E-state index in [1.165, 1.54) is 0 Å². The van der Waals surface area contributed by atoms with E-state index in [1.54, 1.807) is 13.8 Å². The van der Waals surface area contributed by atoms with Crippen molar-refractivity contribution in [3.63, 3.8) is 0 Å². The van der Waals surface area contributed by atoms with Crippen LogP contribution in [0.3, 0.4) is 0 Å². The number of aliphatic hydroxyl groups is 1. The predicted octanol–water partition coefficient (Wildman–Crippen LogP) is 2.94. The first kappa shape index (κ1) is 12.1. The summed E-state index contributed by atoms with van der Waals surface area (Å²) in [5.74, 6) is 0. The second-order valence-electron chi connectivity index (χ2n) is 2.17. The lowest BCUT2D eigenvalue weighted by Gasteiger charge is -2.11. The molecule has 0 radical (unpaired) electrons. The molecule has 0 aliphatic rings. The van der Waals surface area contributed by atoms with Crippen molar-refractivity contribution in [2.75, 3.05) is 0 Å². The van der Waals surface area contributed by atoms with Gasteiger partial charge in [0.25, 0.3) is 0 Å². The van der Waals surface area contributed by atoms with Crippen LogP contribution in [0.2, 0.25) is 0 Å². The number of halogens is 2. The lowest BCUT2D eigenvalue weighted by Crippen LogP contribution is -2.15. The molecule has 0 aromatic rings. The van der Waals surface area contributed by atoms with Gasteiger partial charge >= 0.3 is 0 Å². The quantitative estimate of drug-likeness (QED) is 0.727. The largest absolute Gasteiger partial charge is 0.390 e. The van der Waals surface area contributed by atoms with Crippen molar-refractivity contribution < 1.29 is 5.11 Å². The molecule has 0 aromatic heterocycles. The molecule has 0 heterocycles. The summed E-state index contributed by atoms with van der Waals surface area (Å²) in [7, 11) is 0. The summed E-state index contributed by atoms with van der Waals surface area (Å²) < 4.78 is 0. The molecule has 0 unspecified atom stereocenters. The smallest absolute Gasteiger partial charge is 0.0589 e. The fourth-order valence-electron chi connectivity index (χ4n) is 0. The molecular weight excluding hydrogens is 330 g/mol. The normalized spacial score (nSPS) is 9.75. The minimum atomic E-state index is -0.458. The Morgan fingerprint density at radius 2 is 1.50 bits per heavy atom. The van der Waals surface area contributed by atoms with Gasteiger partial charge in [-0.15, -0.1) is 0 Å². The molecule has 0 saturated carbocycles. The van der Waals surface area contributed by atoms with Crippen LogP contribution in [0.25, 0.3) is 0 Å². The fraction of sp³-hybridized carbons (Fsp3) is 1.00. The van der Waals surface area contributed by atoms with Gasteiger partial charge in [-0.25, -0.2) is 0 Å². The first-order chi connectivity index (χ1) is 3.56. The molecule has 3 heteroatoms. The molecule has 8 heavy (non-hydrogen) atoms. The lowest BCUT2D eigenvalue weighted by molar-refractivity contribution is 0.0765. The van der Waals surface area contributed by atoms with Gasteiger partial charge in [0.2, 0.25) is 0 Å². The summed E-state index contributed by atoms with van der Waals surface area (Å²) in [6.07, 6.45) is 0.826. The van der Waals surface area contributed by atoms with Crippen LogP contribution >= 0.6 is 37.2 Å². The summed E-state index contributed by atoms with van der Waals surface area (Å²) in [5, 5.41) is 8.83. The van der Waals surface area contributed by atoms with Crippen LogP contribution in [0.15, 0.2) is 0 Å². The highest BCUT2D eigenvalue weighted by Gasteiger charge is 2.05. The molecule has 0 atom stereocenters. The van der Waals surface area contributed by atoms with Gasteiger partial charge in [0.15, 0.2) is 0 Å². The summed E-state index contributed by atoms with van der Waals surface area (Å²) in [6, 6.07) is 0. The average molecular weight is 342 g/mol. The zero-order chi connectivity index (χ0) is 7.21. The zero-order valence-electron chi connectivity index (χ0n) is 5.41. The van der Waals surface area contributed by atoms with Crippen molar-refractivity contribution in [3.05, 3.63) is 0 Å². The molecular formula is C5H12I2O. The van der Waals surface area contributed by atoms with Crippen LogP contribution in [0.4, 0.5) is 0 Å². The van der Waals surface area contributed by atoms with E-state index in [1.807, 2.05) is 6.92 Å². The van der Waals surface area contributed by atoms with E-state index in [0.29, 0.717) is 0 Å². The molecule has 0 spiro atoms. The number of hydrogen-bond donors (Lipinski definition) is 1. The average Bonchev–Trinajstić information content (AvgIpc) is 1.71. The fourth-order valence-corrected chi connectivity index (χ4v) is 0. The monoisotopic (exact) mass is 342 g/mol. The van der Waals surface area contributed by atoms with Crippen molar-refractivity contribution >= 4 is 37.2 Å². The molecule has 52 valence electrons. The third-order valence-electron chi connectivity index (χ3n) is 0.865. The van der Waals surface area contributed by atoms with Crippen LogP contribution in [-0.2, 0) is 0 Å². The Kier molecular flexibility index (Phi) is 9.91. The van der Waals surface area contributed by atoms with Gasteiger partial charge in [-0.1, -0.05) is 6.92 Å². The topological polar surface area (TPSA) is 20.2 Å². The Hall–Kier alpha value is 1.42. The van der Waals surface area contributed by atoms with Crippen molar-refractivity contribution in [2.24, 2.45) is 0 Å². The molecule has 0 aromatic carbocycles. The van der Waals surface area contributed by atoms with E-state index in [2.05, 4.69) is 37.2 Å². The standard InChI is InChI=1S/C5H12O.I2/c1-4-5(2,3)6;1-2/h6H,4H2,1-3H3;. The Labute approximate surface area is 74.6 Å². The van der Waals surface area contributed by atoms with E-state index in [4.69, 9.17) is 5.11 Å². The molecule has 0 fully saturated rings. The second kappa shape index (κ2) is 6.54. The summed E-state index contributed by atoms with van der Waals surface area (Å²) >= 11 is 4.24. The van der Waals surface area contributed by atoms with Gasteiger partial charge in [0.1, 0.15) is 0 Å². The maximum Gasteiger partial charge on any atom is 0.0589 e. The zero-order valence-corrected chi connectivity index (χ0v) is 9.73. The van der Waals surface area contributed by atoms with Gasteiger partial charge in [-0.3, -0.25) is 0 Å². The van der Waals surface area contributed by atoms with Crippen molar-refractivity contribution in [1.82, 2.24) is 0 Å². The van der Waals surface area contributed by atoms with Gasteiger partial charge in [0.05, 0.1) is 5.60 Å².